The van der Waals surface area contributed by atoms with E-state index < -0.39 is 0 Å². The van der Waals surface area contributed by atoms with Crippen LogP contribution in [0.2, 0.25) is 0 Å². The monoisotopic (exact) mass is 280 g/mol. The van der Waals surface area contributed by atoms with Crippen molar-refractivity contribution in [2.75, 3.05) is 51.2 Å². The molecule has 0 atom stereocenters. The highest BCUT2D eigenvalue weighted by atomic mass is 16.5. The summed E-state index contributed by atoms with van der Waals surface area (Å²) < 4.78 is 10.4. The highest BCUT2D eigenvalue weighted by Crippen LogP contribution is 2.39. The third-order valence-electron chi connectivity index (χ3n) is 3.55. The zero-order valence-corrected chi connectivity index (χ0v) is 12.6. The SMILES string of the molecule is COCCN(CCOC)c1nc(C2CC2)nc(N)c1C. The molecule has 0 radical (unpaired) electrons. The van der Waals surface area contributed by atoms with Gasteiger partial charge in [0.25, 0.3) is 0 Å². The van der Waals surface area contributed by atoms with Gasteiger partial charge in [0.05, 0.1) is 13.2 Å². The molecular weight excluding hydrogens is 256 g/mol. The van der Waals surface area contributed by atoms with Gasteiger partial charge in [0.2, 0.25) is 0 Å². The second-order valence-corrected chi connectivity index (χ2v) is 5.16. The van der Waals surface area contributed by atoms with Crippen molar-refractivity contribution in [1.29, 1.82) is 0 Å². The first-order chi connectivity index (χ1) is 9.67. The Kier molecular flexibility index (Phi) is 5.14. The van der Waals surface area contributed by atoms with Crippen LogP contribution in [0.3, 0.4) is 0 Å². The first-order valence-corrected chi connectivity index (χ1v) is 7.04. The Morgan fingerprint density at radius 3 is 2.25 bits per heavy atom. The van der Waals surface area contributed by atoms with Crippen molar-refractivity contribution < 1.29 is 9.47 Å². The van der Waals surface area contributed by atoms with Crippen molar-refractivity contribution in [3.63, 3.8) is 0 Å². The third-order valence-corrected chi connectivity index (χ3v) is 3.55. The summed E-state index contributed by atoms with van der Waals surface area (Å²) in [6.45, 7) is 4.79. The van der Waals surface area contributed by atoms with E-state index in [4.69, 9.17) is 20.2 Å². The summed E-state index contributed by atoms with van der Waals surface area (Å²) in [5.41, 5.74) is 6.97. The summed E-state index contributed by atoms with van der Waals surface area (Å²) in [4.78, 5) is 11.3. The van der Waals surface area contributed by atoms with Gasteiger partial charge in [-0.05, 0) is 19.8 Å². The molecule has 2 N–H and O–H groups in total. The van der Waals surface area contributed by atoms with Crippen molar-refractivity contribution in [2.45, 2.75) is 25.7 Å². The number of nitrogens with two attached hydrogens (primary N) is 1. The van der Waals surface area contributed by atoms with Crippen molar-refractivity contribution in [2.24, 2.45) is 0 Å². The van der Waals surface area contributed by atoms with Crippen LogP contribution in [0.25, 0.3) is 0 Å². The van der Waals surface area contributed by atoms with Crippen LogP contribution < -0.4 is 10.6 Å². The number of nitrogens with zero attached hydrogens (tertiary/aromatic N) is 3. The molecule has 0 bridgehead atoms. The Morgan fingerprint density at radius 2 is 1.75 bits per heavy atom. The minimum absolute atomic E-state index is 0.489. The van der Waals surface area contributed by atoms with Gasteiger partial charge >= 0.3 is 0 Å². The second-order valence-electron chi connectivity index (χ2n) is 5.16. The summed E-state index contributed by atoms with van der Waals surface area (Å²) in [5, 5.41) is 0. The molecule has 0 amide bonds. The molecule has 0 saturated heterocycles. The lowest BCUT2D eigenvalue weighted by atomic mass is 10.2. The van der Waals surface area contributed by atoms with Crippen molar-refractivity contribution in [1.82, 2.24) is 9.97 Å². The Balaban J connectivity index is 2.24. The quantitative estimate of drug-likeness (QED) is 0.774. The molecule has 2 rings (SSSR count). The zero-order chi connectivity index (χ0) is 14.5. The van der Waals surface area contributed by atoms with Crippen LogP contribution in [0.4, 0.5) is 11.6 Å². The van der Waals surface area contributed by atoms with E-state index in [0.717, 1.165) is 43.1 Å². The fraction of sp³-hybridized carbons (Fsp3) is 0.714. The average Bonchev–Trinajstić information content (AvgIpc) is 3.27. The third kappa shape index (κ3) is 3.58. The Hall–Kier alpha value is -1.40. The molecule has 1 aliphatic rings. The Labute approximate surface area is 120 Å². The van der Waals surface area contributed by atoms with E-state index in [0.29, 0.717) is 24.9 Å². The molecule has 1 fully saturated rings. The normalized spacial score (nSPS) is 14.6. The molecule has 6 heteroatoms. The van der Waals surface area contributed by atoms with E-state index in [1.165, 1.54) is 0 Å². The van der Waals surface area contributed by atoms with Gasteiger partial charge in [-0.25, -0.2) is 9.97 Å². The number of methoxy groups -OCH3 is 2. The second kappa shape index (κ2) is 6.85. The zero-order valence-electron chi connectivity index (χ0n) is 12.6. The smallest absolute Gasteiger partial charge is 0.137 e. The predicted octanol–water partition coefficient (Wildman–Crippen LogP) is 1.34. The van der Waals surface area contributed by atoms with Crippen LogP contribution in [0.15, 0.2) is 0 Å². The summed E-state index contributed by atoms with van der Waals surface area (Å²) >= 11 is 0. The fourth-order valence-corrected chi connectivity index (χ4v) is 2.10. The molecule has 1 aromatic heterocycles. The number of hydrogen-bond donors (Lipinski definition) is 1. The molecule has 0 aromatic carbocycles. The van der Waals surface area contributed by atoms with Gasteiger partial charge < -0.3 is 20.1 Å². The van der Waals surface area contributed by atoms with Crippen molar-refractivity contribution in [3.8, 4) is 0 Å². The molecule has 1 aromatic rings. The number of rotatable bonds is 8. The number of ether oxygens (including phenoxy) is 2. The first kappa shape index (κ1) is 15.0. The highest BCUT2D eigenvalue weighted by Gasteiger charge is 2.28. The molecular formula is C14H24N4O2. The van der Waals surface area contributed by atoms with Crippen LogP contribution in [0.1, 0.15) is 30.1 Å². The summed E-state index contributed by atoms with van der Waals surface area (Å²) in [5.74, 6) is 2.86. The maximum absolute atomic E-state index is 6.04. The van der Waals surface area contributed by atoms with E-state index >= 15 is 0 Å². The Morgan fingerprint density at radius 1 is 1.15 bits per heavy atom. The summed E-state index contributed by atoms with van der Waals surface area (Å²) in [6, 6.07) is 0. The Bertz CT molecular complexity index is 441. The predicted molar refractivity (Wildman–Crippen MR) is 79.1 cm³/mol. The van der Waals surface area contributed by atoms with Crippen LogP contribution in [0.5, 0.6) is 0 Å². The van der Waals surface area contributed by atoms with Crippen molar-refractivity contribution >= 4 is 11.6 Å². The van der Waals surface area contributed by atoms with E-state index in [-0.39, 0.29) is 0 Å². The van der Waals surface area contributed by atoms with Gasteiger partial charge in [0.15, 0.2) is 0 Å². The van der Waals surface area contributed by atoms with E-state index in [9.17, 15) is 0 Å². The van der Waals surface area contributed by atoms with Crippen molar-refractivity contribution in [3.05, 3.63) is 11.4 Å². The van der Waals surface area contributed by atoms with Crippen LogP contribution in [-0.2, 0) is 9.47 Å². The highest BCUT2D eigenvalue weighted by molar-refractivity contribution is 5.57. The molecule has 0 unspecified atom stereocenters. The van der Waals surface area contributed by atoms with Gasteiger partial charge in [0, 0.05) is 38.8 Å². The molecule has 6 nitrogen and oxygen atoms in total. The molecule has 0 aliphatic heterocycles. The number of aromatic nitrogens is 2. The lowest BCUT2D eigenvalue weighted by molar-refractivity contribution is 0.190. The molecule has 1 aliphatic carbocycles. The van der Waals surface area contributed by atoms with E-state index in [1.54, 1.807) is 14.2 Å². The van der Waals surface area contributed by atoms with E-state index in [2.05, 4.69) is 9.88 Å². The standard InChI is InChI=1S/C14H24N4O2/c1-10-12(15)16-13(11-4-5-11)17-14(10)18(6-8-19-2)7-9-20-3/h11H,4-9H2,1-3H3,(H2,15,16,17). The molecule has 1 heterocycles. The molecule has 112 valence electrons. The summed E-state index contributed by atoms with van der Waals surface area (Å²) in [6.07, 6.45) is 2.33. The van der Waals surface area contributed by atoms with Gasteiger partial charge in [-0.15, -0.1) is 0 Å². The number of nitrogen functional groups attached to an aromatic ring is 1. The number of hydrogen-bond acceptors (Lipinski definition) is 6. The maximum atomic E-state index is 6.04. The summed E-state index contributed by atoms with van der Waals surface area (Å²) in [7, 11) is 3.40. The lowest BCUT2D eigenvalue weighted by Crippen LogP contribution is -2.32. The van der Waals surface area contributed by atoms with Gasteiger partial charge in [-0.1, -0.05) is 0 Å². The van der Waals surface area contributed by atoms with Crippen LogP contribution in [-0.4, -0.2) is 50.5 Å². The molecule has 20 heavy (non-hydrogen) atoms. The van der Waals surface area contributed by atoms with Gasteiger partial charge in [0.1, 0.15) is 17.5 Å². The topological polar surface area (TPSA) is 73.5 Å². The minimum Gasteiger partial charge on any atom is -0.383 e. The molecule has 1 saturated carbocycles. The van der Waals surface area contributed by atoms with Crippen LogP contribution >= 0.6 is 0 Å². The maximum Gasteiger partial charge on any atom is 0.137 e. The number of anilines is 2. The van der Waals surface area contributed by atoms with Crippen LogP contribution in [0, 0.1) is 6.92 Å². The largest absolute Gasteiger partial charge is 0.383 e. The first-order valence-electron chi connectivity index (χ1n) is 7.04. The minimum atomic E-state index is 0.489. The fourth-order valence-electron chi connectivity index (χ4n) is 2.10. The lowest BCUT2D eigenvalue weighted by Gasteiger charge is -2.25. The average molecular weight is 280 g/mol. The van der Waals surface area contributed by atoms with Gasteiger partial charge in [-0.2, -0.15) is 0 Å². The van der Waals surface area contributed by atoms with E-state index in [1.807, 2.05) is 6.92 Å². The molecule has 0 spiro atoms. The van der Waals surface area contributed by atoms with Gasteiger partial charge in [-0.3, -0.25) is 0 Å².